The molecule has 3 nitrogen and oxygen atoms in total. The minimum Gasteiger partial charge on any atom is -0.379 e. The molecule has 12 heavy (non-hydrogen) atoms. The fraction of sp³-hybridized carbons (Fsp3) is 1.00. The van der Waals surface area contributed by atoms with Crippen LogP contribution in [0.1, 0.15) is 27.2 Å². The number of hydrogen-bond donors (Lipinski definition) is 1. The van der Waals surface area contributed by atoms with Crippen LogP contribution in [0.15, 0.2) is 0 Å². The summed E-state index contributed by atoms with van der Waals surface area (Å²) < 4.78 is 10.7. The van der Waals surface area contributed by atoms with Crippen LogP contribution in [0.3, 0.4) is 0 Å². The van der Waals surface area contributed by atoms with Gasteiger partial charge in [0, 0.05) is 20.3 Å². The fourth-order valence-electron chi connectivity index (χ4n) is 0.676. The van der Waals surface area contributed by atoms with Gasteiger partial charge in [0.1, 0.15) is 0 Å². The first-order valence-corrected chi connectivity index (χ1v) is 4.38. The molecule has 0 spiro atoms. The van der Waals surface area contributed by atoms with E-state index < -0.39 is 0 Å². The lowest BCUT2D eigenvalue weighted by Crippen LogP contribution is -2.27. The van der Waals surface area contributed by atoms with Gasteiger partial charge in [0.05, 0.1) is 11.7 Å². The van der Waals surface area contributed by atoms with Crippen molar-refractivity contribution in [2.45, 2.75) is 38.9 Å². The second kappa shape index (κ2) is 5.51. The Balaban J connectivity index is 3.42. The van der Waals surface area contributed by atoms with Gasteiger partial charge in [-0.05, 0) is 27.2 Å². The molecular weight excluding hydrogens is 154 g/mol. The third kappa shape index (κ3) is 5.52. The Morgan fingerprint density at radius 3 is 2.42 bits per heavy atom. The van der Waals surface area contributed by atoms with Crippen molar-refractivity contribution in [1.82, 2.24) is 0 Å². The maximum absolute atomic E-state index is 5.42. The lowest BCUT2D eigenvalue weighted by molar-refractivity contribution is -0.0216. The van der Waals surface area contributed by atoms with Crippen molar-refractivity contribution in [2.75, 3.05) is 20.3 Å². The van der Waals surface area contributed by atoms with Gasteiger partial charge < -0.3 is 15.2 Å². The largest absolute Gasteiger partial charge is 0.379 e. The Morgan fingerprint density at radius 2 is 2.00 bits per heavy atom. The van der Waals surface area contributed by atoms with E-state index in [-0.39, 0.29) is 11.7 Å². The van der Waals surface area contributed by atoms with E-state index in [0.29, 0.717) is 13.2 Å². The SMILES string of the molecule is COC(C)(C)CCOC(C)CN. The van der Waals surface area contributed by atoms with E-state index in [9.17, 15) is 0 Å². The number of hydrogen-bond acceptors (Lipinski definition) is 3. The predicted molar refractivity (Wildman–Crippen MR) is 50.2 cm³/mol. The van der Waals surface area contributed by atoms with Crippen molar-refractivity contribution >= 4 is 0 Å². The summed E-state index contributed by atoms with van der Waals surface area (Å²) in [6.45, 7) is 7.35. The van der Waals surface area contributed by atoms with E-state index in [1.54, 1.807) is 7.11 Å². The van der Waals surface area contributed by atoms with Crippen molar-refractivity contribution in [2.24, 2.45) is 5.73 Å². The summed E-state index contributed by atoms with van der Waals surface area (Å²) in [4.78, 5) is 0. The van der Waals surface area contributed by atoms with Crippen LogP contribution in [0.4, 0.5) is 0 Å². The van der Waals surface area contributed by atoms with Crippen LogP contribution in [0.25, 0.3) is 0 Å². The van der Waals surface area contributed by atoms with Crippen LogP contribution < -0.4 is 5.73 Å². The zero-order valence-corrected chi connectivity index (χ0v) is 8.59. The Hall–Kier alpha value is -0.120. The molecule has 1 atom stereocenters. The van der Waals surface area contributed by atoms with Crippen molar-refractivity contribution in [3.05, 3.63) is 0 Å². The third-order valence-corrected chi connectivity index (χ3v) is 1.99. The van der Waals surface area contributed by atoms with Crippen LogP contribution in [0, 0.1) is 0 Å². The van der Waals surface area contributed by atoms with Crippen LogP contribution in [-0.2, 0) is 9.47 Å². The average molecular weight is 175 g/mol. The Bertz CT molecular complexity index is 115. The Kier molecular flexibility index (Phi) is 5.46. The van der Waals surface area contributed by atoms with Crippen molar-refractivity contribution in [3.8, 4) is 0 Å². The van der Waals surface area contributed by atoms with Crippen molar-refractivity contribution in [1.29, 1.82) is 0 Å². The first-order valence-electron chi connectivity index (χ1n) is 4.38. The first kappa shape index (κ1) is 11.9. The highest BCUT2D eigenvalue weighted by Gasteiger charge is 2.15. The minimum absolute atomic E-state index is 0.0890. The molecule has 2 N–H and O–H groups in total. The van der Waals surface area contributed by atoms with Gasteiger partial charge in [-0.3, -0.25) is 0 Å². The molecule has 0 fully saturated rings. The second-order valence-corrected chi connectivity index (χ2v) is 3.63. The standard InChI is InChI=1S/C9H21NO2/c1-8(7-10)12-6-5-9(2,3)11-4/h8H,5-7,10H2,1-4H3. The number of nitrogens with two attached hydrogens (primary N) is 1. The molecule has 0 amide bonds. The predicted octanol–water partition coefficient (Wildman–Crippen LogP) is 1.17. The summed E-state index contributed by atoms with van der Waals surface area (Å²) in [7, 11) is 1.71. The molecule has 0 aliphatic rings. The summed E-state index contributed by atoms with van der Waals surface area (Å²) in [5.41, 5.74) is 5.31. The molecule has 0 bridgehead atoms. The average Bonchev–Trinajstić information content (AvgIpc) is 2.04. The van der Waals surface area contributed by atoms with E-state index in [2.05, 4.69) is 0 Å². The van der Waals surface area contributed by atoms with Crippen molar-refractivity contribution in [3.63, 3.8) is 0 Å². The summed E-state index contributed by atoms with van der Waals surface area (Å²) in [5.74, 6) is 0. The summed E-state index contributed by atoms with van der Waals surface area (Å²) in [6.07, 6.45) is 1.05. The van der Waals surface area contributed by atoms with Gasteiger partial charge in [-0.1, -0.05) is 0 Å². The quantitative estimate of drug-likeness (QED) is 0.659. The van der Waals surface area contributed by atoms with Gasteiger partial charge in [-0.25, -0.2) is 0 Å². The number of ether oxygens (including phenoxy) is 2. The molecule has 0 rings (SSSR count). The van der Waals surface area contributed by atoms with E-state index in [0.717, 1.165) is 6.42 Å². The molecule has 1 unspecified atom stereocenters. The van der Waals surface area contributed by atoms with E-state index in [1.165, 1.54) is 0 Å². The zero-order chi connectivity index (χ0) is 9.61. The molecule has 74 valence electrons. The highest BCUT2D eigenvalue weighted by molar-refractivity contribution is 4.67. The Morgan fingerprint density at radius 1 is 1.42 bits per heavy atom. The molecule has 3 heteroatoms. The molecule has 0 aromatic rings. The van der Waals surface area contributed by atoms with Crippen LogP contribution >= 0.6 is 0 Å². The van der Waals surface area contributed by atoms with Gasteiger partial charge in [0.25, 0.3) is 0 Å². The van der Waals surface area contributed by atoms with Crippen molar-refractivity contribution < 1.29 is 9.47 Å². The van der Waals surface area contributed by atoms with Gasteiger partial charge in [0.15, 0.2) is 0 Å². The molecule has 0 aromatic carbocycles. The number of methoxy groups -OCH3 is 1. The van der Waals surface area contributed by atoms with Crippen LogP contribution in [0.2, 0.25) is 0 Å². The number of rotatable bonds is 6. The zero-order valence-electron chi connectivity index (χ0n) is 8.59. The van der Waals surface area contributed by atoms with Gasteiger partial charge in [-0.2, -0.15) is 0 Å². The van der Waals surface area contributed by atoms with E-state index in [1.807, 2.05) is 20.8 Å². The Labute approximate surface area is 75.2 Å². The summed E-state index contributed by atoms with van der Waals surface area (Å²) in [5, 5.41) is 0. The highest BCUT2D eigenvalue weighted by atomic mass is 16.5. The molecule has 0 saturated carbocycles. The fourth-order valence-corrected chi connectivity index (χ4v) is 0.676. The first-order chi connectivity index (χ1) is 5.52. The third-order valence-electron chi connectivity index (χ3n) is 1.99. The molecule has 0 saturated heterocycles. The molecule has 0 heterocycles. The summed E-state index contributed by atoms with van der Waals surface area (Å²) in [6, 6.07) is 0. The van der Waals surface area contributed by atoms with Gasteiger partial charge >= 0.3 is 0 Å². The second-order valence-electron chi connectivity index (χ2n) is 3.63. The molecule has 0 aromatic heterocycles. The maximum atomic E-state index is 5.42. The van der Waals surface area contributed by atoms with E-state index >= 15 is 0 Å². The lowest BCUT2D eigenvalue weighted by Gasteiger charge is -2.23. The van der Waals surface area contributed by atoms with Gasteiger partial charge in [0.2, 0.25) is 0 Å². The molecule has 0 aliphatic carbocycles. The molecule has 0 aliphatic heterocycles. The highest BCUT2D eigenvalue weighted by Crippen LogP contribution is 2.12. The normalized spacial score (nSPS) is 14.8. The monoisotopic (exact) mass is 175 g/mol. The lowest BCUT2D eigenvalue weighted by atomic mass is 10.1. The minimum atomic E-state index is -0.0890. The molecular formula is C9H21NO2. The van der Waals surface area contributed by atoms with Gasteiger partial charge in [-0.15, -0.1) is 0 Å². The molecule has 0 radical (unpaired) electrons. The summed E-state index contributed by atoms with van der Waals surface area (Å²) >= 11 is 0. The van der Waals surface area contributed by atoms with Crippen LogP contribution in [-0.4, -0.2) is 32.0 Å². The smallest absolute Gasteiger partial charge is 0.0669 e. The maximum Gasteiger partial charge on any atom is 0.0669 e. The topological polar surface area (TPSA) is 44.5 Å². The van der Waals surface area contributed by atoms with Crippen LogP contribution in [0.5, 0.6) is 0 Å². The van der Waals surface area contributed by atoms with E-state index in [4.69, 9.17) is 15.2 Å².